The Bertz CT molecular complexity index is 1700. The van der Waals surface area contributed by atoms with Crippen LogP contribution in [0.4, 0.5) is 34.1 Å². The van der Waals surface area contributed by atoms with E-state index in [2.05, 4.69) is 65.4 Å². The van der Waals surface area contributed by atoms with Crippen LogP contribution in [-0.4, -0.2) is 83.6 Å². The molecule has 66 heavy (non-hydrogen) atoms. The first kappa shape index (κ1) is 58.9. The molecule has 370 valence electrons. The summed E-state index contributed by atoms with van der Waals surface area (Å²) >= 11 is 0. The van der Waals surface area contributed by atoms with Crippen molar-refractivity contribution in [2.75, 3.05) is 63.8 Å². The number of nitrogens with two attached hydrogens (primary N) is 2. The Labute approximate surface area is 397 Å². The predicted molar refractivity (Wildman–Crippen MR) is 274 cm³/mol. The number of nitro benzene ring substituents is 2. The minimum atomic E-state index is -0.804. The molecule has 0 atom stereocenters. The Morgan fingerprint density at radius 2 is 0.727 bits per heavy atom. The third-order valence-electron chi connectivity index (χ3n) is 12.2. The summed E-state index contributed by atoms with van der Waals surface area (Å²) < 4.78 is 2.84. The van der Waals surface area contributed by atoms with Gasteiger partial charge < -0.3 is 30.6 Å². The van der Waals surface area contributed by atoms with Gasteiger partial charge in [0.05, 0.1) is 85.0 Å². The van der Waals surface area contributed by atoms with E-state index in [1.165, 1.54) is 200 Å². The van der Waals surface area contributed by atoms with Gasteiger partial charge in [-0.3, -0.25) is 30.2 Å². The summed E-state index contributed by atoms with van der Waals surface area (Å²) in [6.45, 7) is 30.0. The number of unbranched alkanes of at least 4 members (excludes halogenated alkanes) is 8. The lowest BCUT2D eigenvalue weighted by Gasteiger charge is -2.39. The maximum absolute atomic E-state index is 12.1. The van der Waals surface area contributed by atoms with Crippen LogP contribution < -0.4 is 21.7 Å². The average Bonchev–Trinajstić information content (AvgIpc) is 3.31. The third-order valence-corrected chi connectivity index (χ3v) is 12.2. The molecule has 14 nitrogen and oxygen atoms in total. The van der Waals surface area contributed by atoms with E-state index < -0.39 is 32.7 Å². The SMILES string of the molecule is CCCC[N+](CCCC)(CCCC)CCCC.CCCC[N+](CCCC)(CCCC)CCCC.Nc1cc(N)c(N=Cc2cccc([N+](=O)[O-])c2[O-])cc1N=Cc1cccc([N+](=O)[O-])c1[O-]. The topological polar surface area (TPSA) is 209 Å². The van der Waals surface area contributed by atoms with Gasteiger partial charge in [0.2, 0.25) is 0 Å². The summed E-state index contributed by atoms with van der Waals surface area (Å²) in [5, 5.41) is 46.1. The van der Waals surface area contributed by atoms with Crippen LogP contribution in [0, 0.1) is 20.2 Å². The predicted octanol–water partition coefficient (Wildman–Crippen LogP) is 12.3. The van der Waals surface area contributed by atoms with Crippen molar-refractivity contribution in [1.82, 2.24) is 0 Å². The second kappa shape index (κ2) is 33.4. The van der Waals surface area contributed by atoms with Crippen molar-refractivity contribution >= 4 is 46.6 Å². The van der Waals surface area contributed by atoms with E-state index >= 15 is 0 Å². The first-order valence-corrected chi connectivity index (χ1v) is 25.0. The fraction of sp³-hybridized carbons (Fsp3) is 0.615. The van der Waals surface area contributed by atoms with Gasteiger partial charge in [-0.15, -0.1) is 0 Å². The van der Waals surface area contributed by atoms with E-state index in [0.29, 0.717) is 0 Å². The highest BCUT2D eigenvalue weighted by Gasteiger charge is 2.26. The molecule has 0 heterocycles. The number of hydrogen-bond donors (Lipinski definition) is 2. The van der Waals surface area contributed by atoms with Crippen LogP contribution in [0.25, 0.3) is 0 Å². The highest BCUT2D eigenvalue weighted by atomic mass is 16.6. The highest BCUT2D eigenvalue weighted by molar-refractivity contribution is 5.92. The van der Waals surface area contributed by atoms with Gasteiger partial charge in [0, 0.05) is 24.6 Å². The average molecular weight is 919 g/mol. The van der Waals surface area contributed by atoms with E-state index in [4.69, 9.17) is 11.5 Å². The molecule has 0 saturated heterocycles. The van der Waals surface area contributed by atoms with Gasteiger partial charge in [-0.05, 0) is 86.1 Å². The zero-order chi connectivity index (χ0) is 49.4. The Hall–Kier alpha value is -5.08. The fourth-order valence-corrected chi connectivity index (χ4v) is 7.98. The minimum absolute atomic E-state index is 0.0203. The quantitative estimate of drug-likeness (QED) is 0.0215. The van der Waals surface area contributed by atoms with Gasteiger partial charge in [0.1, 0.15) is 0 Å². The van der Waals surface area contributed by atoms with Crippen LogP contribution >= 0.6 is 0 Å². The standard InChI is InChI=1S/C20H16N6O6.2C16H36N/c21-13-7-14(22)16(24-10-12-4-2-6-18(20(12)28)26(31)32)8-15(13)23-9-11-3-1-5-17(19(11)27)25(29)30;2*1-5-9-13-17(14-10-6-2,15-11-7-3)16-12-8-4/h1-10,27-28H,21-22H2;2*5-16H2,1-4H3/q;2*+1/p-2. The van der Waals surface area contributed by atoms with E-state index in [-0.39, 0.29) is 33.9 Å². The van der Waals surface area contributed by atoms with Crippen molar-refractivity contribution in [2.45, 2.75) is 158 Å². The number of aliphatic imine (C=N–C) groups is 2. The molecule has 0 aliphatic heterocycles. The third kappa shape index (κ3) is 21.0. The highest BCUT2D eigenvalue weighted by Crippen LogP contribution is 2.35. The number of rotatable bonds is 30. The van der Waals surface area contributed by atoms with Crippen molar-refractivity contribution in [3.8, 4) is 11.5 Å². The second-order valence-corrected chi connectivity index (χ2v) is 17.7. The molecule has 0 saturated carbocycles. The number of hydrogen-bond acceptors (Lipinski definition) is 10. The van der Waals surface area contributed by atoms with Crippen molar-refractivity contribution in [2.24, 2.45) is 9.98 Å². The van der Waals surface area contributed by atoms with Crippen LogP contribution in [0.2, 0.25) is 0 Å². The summed E-state index contributed by atoms with van der Waals surface area (Å²) in [6, 6.07) is 10.3. The van der Waals surface area contributed by atoms with Crippen molar-refractivity contribution in [3.63, 3.8) is 0 Å². The van der Waals surface area contributed by atoms with Gasteiger partial charge in [-0.1, -0.05) is 131 Å². The fourth-order valence-electron chi connectivity index (χ4n) is 7.98. The largest absolute Gasteiger partial charge is 0.867 e. The summed E-state index contributed by atoms with van der Waals surface area (Å²) in [6.07, 6.45) is 24.4. The monoisotopic (exact) mass is 919 g/mol. The van der Waals surface area contributed by atoms with Crippen molar-refractivity contribution in [3.05, 3.63) is 79.9 Å². The van der Waals surface area contributed by atoms with Crippen LogP contribution in [0.3, 0.4) is 0 Å². The normalized spacial score (nSPS) is 11.6. The number of anilines is 2. The Morgan fingerprint density at radius 1 is 0.470 bits per heavy atom. The van der Waals surface area contributed by atoms with Crippen LogP contribution in [0.15, 0.2) is 58.5 Å². The number of nitrogens with zero attached hydrogens (tertiary/aromatic N) is 6. The Morgan fingerprint density at radius 3 is 0.955 bits per heavy atom. The lowest BCUT2D eigenvalue weighted by Crippen LogP contribution is -2.50. The number of benzene rings is 3. The molecule has 0 unspecified atom stereocenters. The van der Waals surface area contributed by atoms with Gasteiger partial charge in [-0.2, -0.15) is 0 Å². The number of quaternary nitrogens is 2. The van der Waals surface area contributed by atoms with Crippen molar-refractivity contribution < 1.29 is 29.0 Å². The minimum Gasteiger partial charge on any atom is -0.867 e. The lowest BCUT2D eigenvalue weighted by atomic mass is 10.1. The molecule has 3 aromatic carbocycles. The molecule has 0 radical (unpaired) electrons. The summed E-state index contributed by atoms with van der Waals surface area (Å²) in [7, 11) is 0. The molecule has 3 rings (SSSR count). The molecule has 0 bridgehead atoms. The van der Waals surface area contributed by atoms with E-state index in [1.807, 2.05) is 0 Å². The van der Waals surface area contributed by atoms with Gasteiger partial charge in [0.25, 0.3) is 11.4 Å². The van der Waals surface area contributed by atoms with Gasteiger partial charge in [0.15, 0.2) is 0 Å². The van der Waals surface area contributed by atoms with Crippen LogP contribution in [0.1, 0.15) is 169 Å². The Balaban J connectivity index is 0.000000546. The molecule has 0 fully saturated rings. The molecule has 0 aliphatic carbocycles. The summed E-state index contributed by atoms with van der Waals surface area (Å²) in [4.78, 5) is 28.4. The zero-order valence-electron chi connectivity index (χ0n) is 42.0. The molecule has 0 spiro atoms. The van der Waals surface area contributed by atoms with Gasteiger partial charge >= 0.3 is 0 Å². The first-order valence-electron chi connectivity index (χ1n) is 25.0. The number of nitrogen functional groups attached to an aromatic ring is 2. The molecular formula is C52H86N8O6. The maximum Gasteiger partial charge on any atom is 0.262 e. The van der Waals surface area contributed by atoms with Gasteiger partial charge in [-0.25, -0.2) is 0 Å². The Kier molecular flexibility index (Phi) is 29.8. The molecule has 3 aromatic rings. The number of para-hydroxylation sites is 2. The lowest BCUT2D eigenvalue weighted by molar-refractivity contribution is -0.929. The molecule has 0 aromatic heterocycles. The van der Waals surface area contributed by atoms with Crippen LogP contribution in [-0.2, 0) is 0 Å². The van der Waals surface area contributed by atoms with E-state index in [1.54, 1.807) is 0 Å². The van der Waals surface area contributed by atoms with E-state index in [0.717, 1.165) is 24.6 Å². The van der Waals surface area contributed by atoms with E-state index in [9.17, 15) is 30.4 Å². The van der Waals surface area contributed by atoms with Crippen molar-refractivity contribution in [1.29, 1.82) is 0 Å². The smallest absolute Gasteiger partial charge is 0.262 e. The summed E-state index contributed by atoms with van der Waals surface area (Å²) in [5.41, 5.74) is 11.2. The number of nitro groups is 2. The molecular weight excluding hydrogens is 833 g/mol. The zero-order valence-corrected chi connectivity index (χ0v) is 42.0. The summed E-state index contributed by atoms with van der Waals surface area (Å²) in [5.74, 6) is -1.61. The molecule has 0 amide bonds. The molecule has 4 N–H and O–H groups in total. The first-order chi connectivity index (χ1) is 31.7. The second-order valence-electron chi connectivity index (χ2n) is 17.7. The maximum atomic E-state index is 12.1. The van der Waals surface area contributed by atoms with Crippen LogP contribution in [0.5, 0.6) is 11.5 Å². The molecule has 0 aliphatic rings. The molecule has 14 heteroatoms.